The SMILES string of the molecule is CC#CC(=O)NCC1CCN(CC(C)C)C1. The number of likely N-dealkylation sites (tertiary alicyclic amines) is 1. The van der Waals surface area contributed by atoms with Gasteiger partial charge in [0.2, 0.25) is 0 Å². The molecular weight excluding hydrogens is 200 g/mol. The Hall–Kier alpha value is -1.01. The maximum atomic E-state index is 11.2. The highest BCUT2D eigenvalue weighted by Crippen LogP contribution is 2.16. The topological polar surface area (TPSA) is 32.3 Å². The van der Waals surface area contributed by atoms with Gasteiger partial charge in [-0.3, -0.25) is 4.79 Å². The Bertz CT molecular complexity index is 288. The van der Waals surface area contributed by atoms with Crippen LogP contribution >= 0.6 is 0 Å². The highest BCUT2D eigenvalue weighted by atomic mass is 16.1. The van der Waals surface area contributed by atoms with Crippen LogP contribution in [-0.4, -0.2) is 37.0 Å². The Morgan fingerprint density at radius 3 is 2.94 bits per heavy atom. The molecule has 1 atom stereocenters. The van der Waals surface area contributed by atoms with E-state index in [1.165, 1.54) is 13.0 Å². The smallest absolute Gasteiger partial charge is 0.295 e. The zero-order valence-electron chi connectivity index (χ0n) is 10.5. The van der Waals surface area contributed by atoms with Crippen LogP contribution in [0.3, 0.4) is 0 Å². The predicted molar refractivity (Wildman–Crippen MR) is 65.8 cm³/mol. The summed E-state index contributed by atoms with van der Waals surface area (Å²) in [6.07, 6.45) is 1.19. The van der Waals surface area contributed by atoms with Gasteiger partial charge in [0, 0.05) is 19.6 Å². The Morgan fingerprint density at radius 2 is 2.31 bits per heavy atom. The molecule has 0 spiro atoms. The molecule has 1 aliphatic heterocycles. The quantitative estimate of drug-likeness (QED) is 0.723. The number of hydrogen-bond acceptors (Lipinski definition) is 2. The first-order chi connectivity index (χ1) is 7.61. The van der Waals surface area contributed by atoms with Crippen molar-refractivity contribution in [1.29, 1.82) is 0 Å². The van der Waals surface area contributed by atoms with E-state index >= 15 is 0 Å². The summed E-state index contributed by atoms with van der Waals surface area (Å²) >= 11 is 0. The average Bonchev–Trinajstić information content (AvgIpc) is 2.62. The minimum atomic E-state index is -0.148. The lowest BCUT2D eigenvalue weighted by atomic mass is 10.1. The Kier molecular flexibility index (Phi) is 5.34. The maximum Gasteiger partial charge on any atom is 0.295 e. The van der Waals surface area contributed by atoms with Crippen molar-refractivity contribution in [3.8, 4) is 11.8 Å². The van der Waals surface area contributed by atoms with Crippen molar-refractivity contribution < 1.29 is 4.79 Å². The van der Waals surface area contributed by atoms with Crippen LogP contribution in [0.5, 0.6) is 0 Å². The molecule has 90 valence electrons. The molecule has 1 amide bonds. The van der Waals surface area contributed by atoms with Crippen LogP contribution in [0.25, 0.3) is 0 Å². The van der Waals surface area contributed by atoms with Gasteiger partial charge in [0.1, 0.15) is 0 Å². The van der Waals surface area contributed by atoms with Crippen LogP contribution in [0.1, 0.15) is 27.2 Å². The van der Waals surface area contributed by atoms with Gasteiger partial charge >= 0.3 is 0 Å². The lowest BCUT2D eigenvalue weighted by molar-refractivity contribution is -0.115. The zero-order chi connectivity index (χ0) is 12.0. The number of carbonyl (C=O) groups is 1. The Labute approximate surface area is 98.6 Å². The lowest BCUT2D eigenvalue weighted by Gasteiger charge is -2.18. The van der Waals surface area contributed by atoms with E-state index in [9.17, 15) is 4.79 Å². The van der Waals surface area contributed by atoms with Gasteiger partial charge < -0.3 is 10.2 Å². The molecule has 3 nitrogen and oxygen atoms in total. The highest BCUT2D eigenvalue weighted by molar-refractivity contribution is 5.93. The second kappa shape index (κ2) is 6.55. The molecule has 0 saturated carbocycles. The Balaban J connectivity index is 2.20. The molecule has 0 aromatic carbocycles. The van der Waals surface area contributed by atoms with Crippen LogP contribution in [0, 0.1) is 23.7 Å². The van der Waals surface area contributed by atoms with Crippen molar-refractivity contribution in [1.82, 2.24) is 10.2 Å². The molecule has 1 N–H and O–H groups in total. The summed E-state index contributed by atoms with van der Waals surface area (Å²) in [4.78, 5) is 13.6. The monoisotopic (exact) mass is 222 g/mol. The molecule has 1 saturated heterocycles. The normalized spacial score (nSPS) is 20.6. The third-order valence-corrected chi connectivity index (χ3v) is 2.78. The summed E-state index contributed by atoms with van der Waals surface area (Å²) in [6, 6.07) is 0. The van der Waals surface area contributed by atoms with Crippen molar-refractivity contribution in [2.24, 2.45) is 11.8 Å². The van der Waals surface area contributed by atoms with Crippen molar-refractivity contribution in [2.75, 3.05) is 26.2 Å². The summed E-state index contributed by atoms with van der Waals surface area (Å²) in [6.45, 7) is 10.4. The van der Waals surface area contributed by atoms with Crippen LogP contribution < -0.4 is 5.32 Å². The van der Waals surface area contributed by atoms with Crippen LogP contribution in [0.4, 0.5) is 0 Å². The predicted octanol–water partition coefficient (Wildman–Crippen LogP) is 1.10. The van der Waals surface area contributed by atoms with Gasteiger partial charge in [-0.1, -0.05) is 19.8 Å². The van der Waals surface area contributed by atoms with Crippen LogP contribution in [0.15, 0.2) is 0 Å². The molecule has 1 rings (SSSR count). The fraction of sp³-hybridized carbons (Fsp3) is 0.769. The second-order valence-corrected chi connectivity index (χ2v) is 4.89. The molecule has 1 heterocycles. The summed E-state index contributed by atoms with van der Waals surface area (Å²) in [5.41, 5.74) is 0. The van der Waals surface area contributed by atoms with Crippen LogP contribution in [-0.2, 0) is 4.79 Å². The molecule has 1 aliphatic rings. The first-order valence-corrected chi connectivity index (χ1v) is 6.04. The number of amides is 1. The van der Waals surface area contributed by atoms with E-state index in [1.54, 1.807) is 6.92 Å². The van der Waals surface area contributed by atoms with E-state index in [0.29, 0.717) is 5.92 Å². The van der Waals surface area contributed by atoms with E-state index < -0.39 is 0 Å². The molecule has 3 heteroatoms. The zero-order valence-corrected chi connectivity index (χ0v) is 10.5. The molecule has 16 heavy (non-hydrogen) atoms. The van der Waals surface area contributed by atoms with Crippen molar-refractivity contribution in [2.45, 2.75) is 27.2 Å². The van der Waals surface area contributed by atoms with E-state index in [1.807, 2.05) is 0 Å². The highest BCUT2D eigenvalue weighted by Gasteiger charge is 2.22. The van der Waals surface area contributed by atoms with Gasteiger partial charge in [-0.05, 0) is 37.6 Å². The number of rotatable bonds is 4. The summed E-state index contributed by atoms with van der Waals surface area (Å²) in [5, 5.41) is 2.86. The van der Waals surface area contributed by atoms with Crippen molar-refractivity contribution >= 4 is 5.91 Å². The fourth-order valence-corrected chi connectivity index (χ4v) is 2.16. The van der Waals surface area contributed by atoms with Crippen LogP contribution in [0.2, 0.25) is 0 Å². The summed E-state index contributed by atoms with van der Waals surface area (Å²) in [5.74, 6) is 6.28. The van der Waals surface area contributed by atoms with Gasteiger partial charge in [-0.25, -0.2) is 0 Å². The van der Waals surface area contributed by atoms with Gasteiger partial charge in [0.15, 0.2) is 0 Å². The van der Waals surface area contributed by atoms with E-state index in [4.69, 9.17) is 0 Å². The molecule has 0 aliphatic carbocycles. The third-order valence-electron chi connectivity index (χ3n) is 2.78. The van der Waals surface area contributed by atoms with Gasteiger partial charge in [0.05, 0.1) is 0 Å². The average molecular weight is 222 g/mol. The molecular formula is C13H22N2O. The molecule has 0 aromatic rings. The lowest BCUT2D eigenvalue weighted by Crippen LogP contribution is -2.31. The van der Waals surface area contributed by atoms with E-state index in [0.717, 1.165) is 25.6 Å². The third kappa shape index (κ3) is 4.67. The minimum Gasteiger partial charge on any atom is -0.345 e. The van der Waals surface area contributed by atoms with E-state index in [2.05, 4.69) is 35.9 Å². The number of nitrogens with zero attached hydrogens (tertiary/aromatic N) is 1. The van der Waals surface area contributed by atoms with Gasteiger partial charge in [-0.2, -0.15) is 0 Å². The largest absolute Gasteiger partial charge is 0.345 e. The van der Waals surface area contributed by atoms with E-state index in [-0.39, 0.29) is 5.91 Å². The molecule has 0 bridgehead atoms. The Morgan fingerprint density at radius 1 is 1.56 bits per heavy atom. The molecule has 0 radical (unpaired) electrons. The van der Waals surface area contributed by atoms with Crippen molar-refractivity contribution in [3.63, 3.8) is 0 Å². The second-order valence-electron chi connectivity index (χ2n) is 4.89. The first-order valence-electron chi connectivity index (χ1n) is 6.04. The summed E-state index contributed by atoms with van der Waals surface area (Å²) in [7, 11) is 0. The minimum absolute atomic E-state index is 0.148. The maximum absolute atomic E-state index is 11.2. The van der Waals surface area contributed by atoms with Gasteiger partial charge in [0.25, 0.3) is 5.91 Å². The number of nitrogens with one attached hydrogen (secondary N) is 1. The van der Waals surface area contributed by atoms with Crippen molar-refractivity contribution in [3.05, 3.63) is 0 Å². The summed E-state index contributed by atoms with van der Waals surface area (Å²) < 4.78 is 0. The molecule has 1 fully saturated rings. The number of hydrogen-bond donors (Lipinski definition) is 1. The van der Waals surface area contributed by atoms with Gasteiger partial charge in [-0.15, -0.1) is 0 Å². The molecule has 0 aromatic heterocycles. The fourth-order valence-electron chi connectivity index (χ4n) is 2.16. The molecule has 1 unspecified atom stereocenters. The number of carbonyl (C=O) groups excluding carboxylic acids is 1. The standard InChI is InChI=1S/C13H22N2O/c1-4-5-13(16)14-8-12-6-7-15(10-12)9-11(2)3/h11-12H,6-10H2,1-3H3,(H,14,16). The first kappa shape index (κ1) is 13.1.